The van der Waals surface area contributed by atoms with Gasteiger partial charge in [0.15, 0.2) is 0 Å². The van der Waals surface area contributed by atoms with Gasteiger partial charge in [-0.2, -0.15) is 4.99 Å². The lowest BCUT2D eigenvalue weighted by molar-refractivity contribution is -0.141. The van der Waals surface area contributed by atoms with Gasteiger partial charge in [-0.15, -0.1) is 0 Å². The highest BCUT2D eigenvalue weighted by atomic mass is 28.3. The number of aryl methyl sites for hydroxylation is 1. The van der Waals surface area contributed by atoms with E-state index in [9.17, 15) is 28.0 Å². The molecule has 1 aromatic heterocycles. The zero-order valence-electron chi connectivity index (χ0n) is 31.6. The Morgan fingerprint density at radius 3 is 2.33 bits per heavy atom. The van der Waals surface area contributed by atoms with E-state index in [4.69, 9.17) is 14.2 Å². The second-order valence-corrected chi connectivity index (χ2v) is 21.2. The first-order valence-corrected chi connectivity index (χ1v) is 21.1. The molecule has 1 aliphatic rings. The molecule has 4 rings (SSSR count). The van der Waals surface area contributed by atoms with Crippen LogP contribution in [-0.2, 0) is 37.1 Å². The number of rotatable bonds is 12. The van der Waals surface area contributed by atoms with Gasteiger partial charge in [0.05, 0.1) is 17.6 Å². The fraction of sp³-hybridized carbons (Fsp3) is 0.541. The third-order valence-corrected chi connectivity index (χ3v) is 10.3. The number of alkyl halides is 2. The summed E-state index contributed by atoms with van der Waals surface area (Å²) in [6, 6.07) is 11.5. The average Bonchev–Trinajstić information content (AvgIpc) is 3.32. The van der Waals surface area contributed by atoms with E-state index >= 15 is 0 Å². The van der Waals surface area contributed by atoms with Gasteiger partial charge < -0.3 is 23.7 Å². The lowest BCUT2D eigenvalue weighted by atomic mass is 9.97. The first kappa shape index (κ1) is 40.4. The van der Waals surface area contributed by atoms with Gasteiger partial charge in [-0.25, -0.2) is 13.6 Å². The predicted octanol–water partition coefficient (Wildman–Crippen LogP) is 6.75. The monoisotopic (exact) mass is 743 g/mol. The third kappa shape index (κ3) is 9.94. The van der Waals surface area contributed by atoms with Gasteiger partial charge >= 0.3 is 12.1 Å². The molecule has 3 amide bonds. The highest BCUT2D eigenvalue weighted by molar-refractivity contribution is 6.76. The van der Waals surface area contributed by atoms with Crippen LogP contribution in [0.4, 0.5) is 19.3 Å². The molecule has 2 aromatic carbocycles. The van der Waals surface area contributed by atoms with Gasteiger partial charge in [0.1, 0.15) is 17.9 Å². The number of esters is 1. The number of nitrogens with zero attached hydrogens (tertiary/aromatic N) is 5. The molecule has 0 radical (unpaired) electrons. The predicted molar refractivity (Wildman–Crippen MR) is 196 cm³/mol. The van der Waals surface area contributed by atoms with E-state index in [1.807, 2.05) is 12.1 Å². The summed E-state index contributed by atoms with van der Waals surface area (Å²) in [7, 11) is -1.45. The molecule has 1 aliphatic heterocycles. The number of benzene rings is 2. The van der Waals surface area contributed by atoms with Gasteiger partial charge in [-0.05, 0) is 77.4 Å². The van der Waals surface area contributed by atoms with Crippen molar-refractivity contribution in [3.63, 3.8) is 0 Å². The number of piperazine rings is 1. The summed E-state index contributed by atoms with van der Waals surface area (Å²) < 4.78 is 47.5. The molecule has 0 spiro atoms. The molecule has 0 aliphatic carbocycles. The fourth-order valence-corrected chi connectivity index (χ4v) is 6.56. The van der Waals surface area contributed by atoms with E-state index in [1.54, 1.807) is 54.7 Å². The molecule has 3 aromatic rings. The summed E-state index contributed by atoms with van der Waals surface area (Å²) in [4.78, 5) is 59.7. The Hall–Kier alpha value is -4.37. The molecule has 52 heavy (non-hydrogen) atoms. The summed E-state index contributed by atoms with van der Waals surface area (Å²) >= 11 is 0. The first-order valence-electron chi connectivity index (χ1n) is 17.4. The average molecular weight is 744 g/mol. The van der Waals surface area contributed by atoms with Gasteiger partial charge in [-0.1, -0.05) is 31.8 Å². The summed E-state index contributed by atoms with van der Waals surface area (Å²) in [5.74, 6) is -1.45. The van der Waals surface area contributed by atoms with Crippen molar-refractivity contribution in [3.05, 3.63) is 59.2 Å². The third-order valence-electron chi connectivity index (χ3n) is 8.57. The van der Waals surface area contributed by atoms with Crippen LogP contribution in [-0.4, -0.2) is 83.4 Å². The summed E-state index contributed by atoms with van der Waals surface area (Å²) in [6.07, 6.45) is -2.95. The summed E-state index contributed by atoms with van der Waals surface area (Å²) in [5, 5.41) is 0. The van der Waals surface area contributed by atoms with E-state index in [-0.39, 0.29) is 55.6 Å². The number of carbonyl (C=O) groups is 4. The zero-order chi connectivity index (χ0) is 38.6. The van der Waals surface area contributed by atoms with Crippen molar-refractivity contribution in [2.24, 2.45) is 4.99 Å². The first-order chi connectivity index (χ1) is 24.2. The van der Waals surface area contributed by atoms with E-state index in [0.29, 0.717) is 29.7 Å². The largest absolute Gasteiger partial charge is 0.466 e. The second-order valence-electron chi connectivity index (χ2n) is 15.6. The van der Waals surface area contributed by atoms with Crippen LogP contribution in [0.1, 0.15) is 70.3 Å². The van der Waals surface area contributed by atoms with Gasteiger partial charge in [-0.3, -0.25) is 23.9 Å². The van der Waals surface area contributed by atoms with E-state index < -0.39 is 43.6 Å². The van der Waals surface area contributed by atoms with Crippen molar-refractivity contribution in [1.29, 1.82) is 0 Å². The standard InChI is InChI=1S/C37H51F2N5O7Si/c1-25(45)50-19-11-16-42-29-15-14-28(41-17-18-44(37(5,6)33(41)47)35(48)51-36(2,3)4)23-30(29)43(24-49-20-21-52(7,8)9)34(42)40-32(46)27-13-10-12-26(22-27)31(38)39/h10,12-15,22-23,31H,11,16-21,24H2,1-9H3/b40-34-. The molecular weight excluding hydrogens is 693 g/mol. The van der Waals surface area contributed by atoms with Crippen molar-refractivity contribution in [3.8, 4) is 0 Å². The molecule has 1 saturated heterocycles. The van der Waals surface area contributed by atoms with Gasteiger partial charge in [0.2, 0.25) is 5.62 Å². The van der Waals surface area contributed by atoms with Crippen LogP contribution in [0, 0.1) is 0 Å². The van der Waals surface area contributed by atoms with Crippen molar-refractivity contribution < 1.29 is 42.2 Å². The van der Waals surface area contributed by atoms with Crippen LogP contribution in [0.25, 0.3) is 11.0 Å². The number of aromatic nitrogens is 2. The fourth-order valence-electron chi connectivity index (χ4n) is 5.80. The Kier molecular flexibility index (Phi) is 12.5. The number of ether oxygens (including phenoxy) is 3. The van der Waals surface area contributed by atoms with Crippen molar-refractivity contribution >= 4 is 48.7 Å². The number of halogens is 2. The normalized spacial score (nSPS) is 15.5. The van der Waals surface area contributed by atoms with Crippen molar-refractivity contribution in [2.45, 2.75) is 104 Å². The number of hydrogen-bond acceptors (Lipinski definition) is 7. The molecule has 15 heteroatoms. The minimum Gasteiger partial charge on any atom is -0.466 e. The second kappa shape index (κ2) is 16.1. The summed E-state index contributed by atoms with van der Waals surface area (Å²) in [6.45, 7) is 18.0. The highest BCUT2D eigenvalue weighted by Gasteiger charge is 2.46. The number of carbonyl (C=O) groups excluding carboxylic acids is 4. The van der Waals surface area contributed by atoms with Crippen LogP contribution in [0.15, 0.2) is 47.5 Å². The van der Waals surface area contributed by atoms with E-state index in [1.165, 1.54) is 30.0 Å². The van der Waals surface area contributed by atoms with E-state index in [0.717, 1.165) is 12.1 Å². The molecule has 1 fully saturated rings. The van der Waals surface area contributed by atoms with Crippen LogP contribution in [0.2, 0.25) is 25.7 Å². The maximum Gasteiger partial charge on any atom is 0.411 e. The molecule has 12 nitrogen and oxygen atoms in total. The molecule has 0 atom stereocenters. The van der Waals surface area contributed by atoms with Crippen LogP contribution >= 0.6 is 0 Å². The Morgan fingerprint density at radius 2 is 1.69 bits per heavy atom. The highest BCUT2D eigenvalue weighted by Crippen LogP contribution is 2.31. The van der Waals surface area contributed by atoms with Crippen LogP contribution in [0.5, 0.6) is 0 Å². The Bertz CT molecular complexity index is 1870. The molecular formula is C37H51F2N5O7Si. The van der Waals surface area contributed by atoms with Crippen molar-refractivity contribution in [2.75, 3.05) is 31.2 Å². The lowest BCUT2D eigenvalue weighted by Crippen LogP contribution is -2.65. The van der Waals surface area contributed by atoms with Gasteiger partial charge in [0.25, 0.3) is 18.2 Å². The topological polar surface area (TPSA) is 125 Å². The molecule has 0 saturated carbocycles. The number of hydrogen-bond donors (Lipinski definition) is 0. The zero-order valence-corrected chi connectivity index (χ0v) is 32.6. The maximum atomic E-state index is 14.0. The Morgan fingerprint density at radius 1 is 0.981 bits per heavy atom. The molecule has 0 bridgehead atoms. The molecule has 284 valence electrons. The van der Waals surface area contributed by atoms with Crippen LogP contribution < -0.4 is 10.5 Å². The molecule has 0 N–H and O–H groups in total. The molecule has 0 unspecified atom stereocenters. The number of amides is 3. The molecule has 2 heterocycles. The number of imidazole rings is 1. The Labute approximate surface area is 304 Å². The van der Waals surface area contributed by atoms with Crippen LogP contribution in [0.3, 0.4) is 0 Å². The number of anilines is 1. The smallest absolute Gasteiger partial charge is 0.411 e. The van der Waals surface area contributed by atoms with Crippen molar-refractivity contribution in [1.82, 2.24) is 14.0 Å². The SMILES string of the molecule is CC(=O)OCCCn1/c(=N/C(=O)c2cccc(C(F)F)c2)n(COCC[Si](C)(C)C)c2cc(N3CCN(C(=O)OC(C)(C)C)C(C)(C)C3=O)ccc21. The lowest BCUT2D eigenvalue weighted by Gasteiger charge is -2.45. The van der Waals surface area contributed by atoms with Gasteiger partial charge in [0, 0.05) is 58.1 Å². The number of fused-ring (bicyclic) bond motifs is 1. The quantitative estimate of drug-likeness (QED) is 0.114. The Balaban J connectivity index is 1.84. The maximum absolute atomic E-state index is 14.0. The minimum absolute atomic E-state index is 0.00269. The van der Waals surface area contributed by atoms with E-state index in [2.05, 4.69) is 24.6 Å². The summed E-state index contributed by atoms with van der Waals surface area (Å²) in [5.41, 5.74) is -0.218. The minimum atomic E-state index is -2.76.